The number of nitrogens with one attached hydrogen (secondary N) is 1. The first-order chi connectivity index (χ1) is 12.4. The van der Waals surface area contributed by atoms with Crippen molar-refractivity contribution in [3.63, 3.8) is 0 Å². The van der Waals surface area contributed by atoms with Crippen LogP contribution < -0.4 is 10.1 Å². The Morgan fingerprint density at radius 3 is 2.46 bits per heavy atom. The highest BCUT2D eigenvalue weighted by Gasteiger charge is 2.06. The Morgan fingerprint density at radius 1 is 1.08 bits per heavy atom. The van der Waals surface area contributed by atoms with Gasteiger partial charge in [-0.05, 0) is 68.5 Å². The smallest absolute Gasteiger partial charge is 0.220 e. The van der Waals surface area contributed by atoms with Crippen LogP contribution in [0.2, 0.25) is 10.0 Å². The number of rotatable bonds is 9. The van der Waals surface area contributed by atoms with E-state index in [1.165, 1.54) is 5.56 Å². The SMILES string of the molecule is CC(C)Oc1ccc(CCCNC(=O)CCc2ccc(Cl)cc2Cl)cc1. The lowest BCUT2D eigenvalue weighted by Crippen LogP contribution is -2.25. The quantitative estimate of drug-likeness (QED) is 0.574. The normalized spacial score (nSPS) is 10.8. The largest absolute Gasteiger partial charge is 0.491 e. The van der Waals surface area contributed by atoms with Crippen molar-refractivity contribution in [2.45, 2.75) is 45.6 Å². The van der Waals surface area contributed by atoms with E-state index in [0.717, 1.165) is 24.2 Å². The molecule has 0 unspecified atom stereocenters. The van der Waals surface area contributed by atoms with Gasteiger partial charge in [0.2, 0.25) is 5.91 Å². The minimum Gasteiger partial charge on any atom is -0.491 e. The standard InChI is InChI=1S/C21H25Cl2NO2/c1-15(2)26-19-10-5-16(6-11-19)4-3-13-24-21(25)12-8-17-7-9-18(22)14-20(17)23/h5-7,9-11,14-15H,3-4,8,12-13H2,1-2H3,(H,24,25). The Morgan fingerprint density at radius 2 is 1.81 bits per heavy atom. The predicted molar refractivity (Wildman–Crippen MR) is 108 cm³/mol. The van der Waals surface area contributed by atoms with Gasteiger partial charge in [0.25, 0.3) is 0 Å². The van der Waals surface area contributed by atoms with E-state index in [0.29, 0.717) is 29.4 Å². The van der Waals surface area contributed by atoms with Crippen molar-refractivity contribution < 1.29 is 9.53 Å². The van der Waals surface area contributed by atoms with Crippen LogP contribution in [0.4, 0.5) is 0 Å². The molecule has 0 fully saturated rings. The van der Waals surface area contributed by atoms with Gasteiger partial charge in [0.15, 0.2) is 0 Å². The maximum absolute atomic E-state index is 12.0. The highest BCUT2D eigenvalue weighted by molar-refractivity contribution is 6.35. The van der Waals surface area contributed by atoms with Gasteiger partial charge >= 0.3 is 0 Å². The molecular formula is C21H25Cl2NO2. The molecule has 1 N–H and O–H groups in total. The first-order valence-electron chi connectivity index (χ1n) is 8.90. The second-order valence-corrected chi connectivity index (χ2v) is 7.34. The molecule has 5 heteroatoms. The number of hydrogen-bond donors (Lipinski definition) is 1. The molecular weight excluding hydrogens is 369 g/mol. The van der Waals surface area contributed by atoms with Crippen LogP contribution in [0, 0.1) is 0 Å². The summed E-state index contributed by atoms with van der Waals surface area (Å²) in [6, 6.07) is 13.5. The maximum atomic E-state index is 12.0. The summed E-state index contributed by atoms with van der Waals surface area (Å²) in [5.74, 6) is 0.926. The van der Waals surface area contributed by atoms with Gasteiger partial charge < -0.3 is 10.1 Å². The van der Waals surface area contributed by atoms with Gasteiger partial charge in [0.05, 0.1) is 6.10 Å². The lowest BCUT2D eigenvalue weighted by atomic mass is 10.1. The molecule has 0 aliphatic carbocycles. The van der Waals surface area contributed by atoms with Crippen molar-refractivity contribution in [2.24, 2.45) is 0 Å². The molecule has 0 saturated heterocycles. The van der Waals surface area contributed by atoms with Gasteiger partial charge in [0, 0.05) is 23.0 Å². The average Bonchev–Trinajstić information content (AvgIpc) is 2.59. The first kappa shape index (κ1) is 20.6. The Bertz CT molecular complexity index is 714. The van der Waals surface area contributed by atoms with Crippen molar-refractivity contribution in [1.82, 2.24) is 5.32 Å². The van der Waals surface area contributed by atoms with Gasteiger partial charge in [-0.1, -0.05) is 41.4 Å². The van der Waals surface area contributed by atoms with Gasteiger partial charge in [-0.25, -0.2) is 0 Å². The molecule has 2 aromatic rings. The molecule has 1 amide bonds. The zero-order chi connectivity index (χ0) is 18.9. The van der Waals surface area contributed by atoms with Crippen molar-refractivity contribution in [3.8, 4) is 5.75 Å². The molecule has 26 heavy (non-hydrogen) atoms. The van der Waals surface area contributed by atoms with Crippen LogP contribution in [0.5, 0.6) is 5.75 Å². The van der Waals surface area contributed by atoms with E-state index in [4.69, 9.17) is 27.9 Å². The molecule has 0 heterocycles. The molecule has 0 spiro atoms. The van der Waals surface area contributed by atoms with Crippen LogP contribution in [0.1, 0.15) is 37.8 Å². The summed E-state index contributed by atoms with van der Waals surface area (Å²) in [4.78, 5) is 12.0. The highest BCUT2D eigenvalue weighted by atomic mass is 35.5. The van der Waals surface area contributed by atoms with Gasteiger partial charge in [0.1, 0.15) is 5.75 Å². The number of benzene rings is 2. The third kappa shape index (κ3) is 7.27. The van der Waals surface area contributed by atoms with E-state index >= 15 is 0 Å². The molecule has 0 saturated carbocycles. The molecule has 140 valence electrons. The second kappa shape index (κ2) is 10.4. The predicted octanol–water partition coefficient (Wildman–Crippen LogP) is 5.46. The summed E-state index contributed by atoms with van der Waals surface area (Å²) < 4.78 is 5.63. The third-order valence-corrected chi connectivity index (χ3v) is 4.48. The van der Waals surface area contributed by atoms with Crippen molar-refractivity contribution >= 4 is 29.1 Å². The fourth-order valence-electron chi connectivity index (χ4n) is 2.59. The van der Waals surface area contributed by atoms with Crippen LogP contribution in [-0.4, -0.2) is 18.6 Å². The number of hydrogen-bond acceptors (Lipinski definition) is 2. The number of carbonyl (C=O) groups is 1. The van der Waals surface area contributed by atoms with Crippen LogP contribution >= 0.6 is 23.2 Å². The van der Waals surface area contributed by atoms with Gasteiger partial charge in [-0.2, -0.15) is 0 Å². The molecule has 3 nitrogen and oxygen atoms in total. The number of amides is 1. The topological polar surface area (TPSA) is 38.3 Å². The van der Waals surface area contributed by atoms with Crippen LogP contribution in [0.25, 0.3) is 0 Å². The van der Waals surface area contributed by atoms with E-state index in [9.17, 15) is 4.79 Å². The van der Waals surface area contributed by atoms with E-state index in [1.54, 1.807) is 12.1 Å². The fraction of sp³-hybridized carbons (Fsp3) is 0.381. The maximum Gasteiger partial charge on any atom is 0.220 e. The van der Waals surface area contributed by atoms with Crippen molar-refractivity contribution in [3.05, 3.63) is 63.6 Å². The molecule has 0 aliphatic rings. The molecule has 0 bridgehead atoms. The van der Waals surface area contributed by atoms with Gasteiger partial charge in [-0.3, -0.25) is 4.79 Å². The summed E-state index contributed by atoms with van der Waals surface area (Å²) in [6.45, 7) is 4.69. The van der Waals surface area contributed by atoms with Gasteiger partial charge in [-0.15, -0.1) is 0 Å². The van der Waals surface area contributed by atoms with E-state index in [2.05, 4.69) is 17.4 Å². The monoisotopic (exact) mass is 393 g/mol. The summed E-state index contributed by atoms with van der Waals surface area (Å²) >= 11 is 12.0. The number of aryl methyl sites for hydroxylation is 2. The lowest BCUT2D eigenvalue weighted by Gasteiger charge is -2.10. The molecule has 0 aromatic heterocycles. The second-order valence-electron chi connectivity index (χ2n) is 6.50. The minimum atomic E-state index is 0.0386. The van der Waals surface area contributed by atoms with Crippen LogP contribution in [0.15, 0.2) is 42.5 Å². The zero-order valence-electron chi connectivity index (χ0n) is 15.2. The molecule has 2 rings (SSSR count). The number of carbonyl (C=O) groups excluding carboxylic acids is 1. The lowest BCUT2D eigenvalue weighted by molar-refractivity contribution is -0.121. The van der Waals surface area contributed by atoms with E-state index in [-0.39, 0.29) is 12.0 Å². The van der Waals surface area contributed by atoms with Crippen molar-refractivity contribution in [1.29, 1.82) is 0 Å². The minimum absolute atomic E-state index is 0.0386. The Kier molecular flexibility index (Phi) is 8.27. The Balaban J connectivity index is 1.65. The number of halogens is 2. The number of ether oxygens (including phenoxy) is 1. The molecule has 0 aliphatic heterocycles. The summed E-state index contributed by atoms with van der Waals surface area (Å²) in [5, 5.41) is 4.17. The zero-order valence-corrected chi connectivity index (χ0v) is 16.7. The molecule has 2 aromatic carbocycles. The summed E-state index contributed by atoms with van der Waals surface area (Å²) in [7, 11) is 0. The Hall–Kier alpha value is -1.71. The molecule has 0 atom stereocenters. The summed E-state index contributed by atoms with van der Waals surface area (Å²) in [6.07, 6.45) is 3.03. The summed E-state index contributed by atoms with van der Waals surface area (Å²) in [5.41, 5.74) is 2.18. The molecule has 0 radical (unpaired) electrons. The third-order valence-electron chi connectivity index (χ3n) is 3.90. The highest BCUT2D eigenvalue weighted by Crippen LogP contribution is 2.22. The average molecular weight is 394 g/mol. The van der Waals surface area contributed by atoms with E-state index < -0.39 is 0 Å². The van der Waals surface area contributed by atoms with E-state index in [1.807, 2.05) is 32.0 Å². The van der Waals surface area contributed by atoms with Crippen LogP contribution in [0.3, 0.4) is 0 Å². The fourth-order valence-corrected chi connectivity index (χ4v) is 3.09. The Labute approximate surface area is 165 Å². The first-order valence-corrected chi connectivity index (χ1v) is 9.66. The van der Waals surface area contributed by atoms with Crippen LogP contribution in [-0.2, 0) is 17.6 Å². The van der Waals surface area contributed by atoms with Crippen molar-refractivity contribution in [2.75, 3.05) is 6.54 Å².